The molecule has 0 fully saturated rings. The van der Waals surface area contributed by atoms with Gasteiger partial charge in [-0.1, -0.05) is 12.1 Å². The van der Waals surface area contributed by atoms with Crippen LogP contribution in [0.25, 0.3) is 0 Å². The maximum atomic E-state index is 12.0. The van der Waals surface area contributed by atoms with Crippen LogP contribution in [0.3, 0.4) is 0 Å². The topological polar surface area (TPSA) is 60.9 Å². The second-order valence-corrected chi connectivity index (χ2v) is 5.51. The van der Waals surface area contributed by atoms with E-state index < -0.39 is 0 Å². The van der Waals surface area contributed by atoms with E-state index in [9.17, 15) is 4.79 Å². The Kier molecular flexibility index (Phi) is 3.87. The summed E-state index contributed by atoms with van der Waals surface area (Å²) in [6.45, 7) is 2.23. The number of aryl methyl sites for hydroxylation is 1. The van der Waals surface area contributed by atoms with Crippen LogP contribution in [0.15, 0.2) is 38.1 Å². The van der Waals surface area contributed by atoms with Gasteiger partial charge in [0.25, 0.3) is 5.56 Å². The Labute approximate surface area is 121 Å². The molecular formula is C12H11Br2N3O. The smallest absolute Gasteiger partial charge is 0.268 e. The highest BCUT2D eigenvalue weighted by atomic mass is 79.9. The molecule has 2 aromatic rings. The zero-order valence-corrected chi connectivity index (χ0v) is 12.8. The molecule has 4 nitrogen and oxygen atoms in total. The molecule has 0 bridgehead atoms. The van der Waals surface area contributed by atoms with Crippen molar-refractivity contribution >= 4 is 37.5 Å². The van der Waals surface area contributed by atoms with Crippen molar-refractivity contribution in [2.24, 2.45) is 0 Å². The van der Waals surface area contributed by atoms with Crippen molar-refractivity contribution in [1.82, 2.24) is 9.55 Å². The van der Waals surface area contributed by atoms with Gasteiger partial charge in [0.15, 0.2) is 0 Å². The molecule has 0 radical (unpaired) electrons. The summed E-state index contributed by atoms with van der Waals surface area (Å²) in [6, 6.07) is 5.59. The van der Waals surface area contributed by atoms with Gasteiger partial charge < -0.3 is 5.73 Å². The van der Waals surface area contributed by atoms with Crippen molar-refractivity contribution in [3.05, 3.63) is 55.1 Å². The van der Waals surface area contributed by atoms with E-state index in [2.05, 4.69) is 36.8 Å². The Balaban J connectivity index is 2.50. The highest BCUT2D eigenvalue weighted by Crippen LogP contribution is 2.24. The lowest BCUT2D eigenvalue weighted by Gasteiger charge is -2.11. The largest absolute Gasteiger partial charge is 0.398 e. The van der Waals surface area contributed by atoms with E-state index in [4.69, 9.17) is 5.73 Å². The van der Waals surface area contributed by atoms with Crippen LogP contribution < -0.4 is 11.3 Å². The Bertz CT molecular complexity index is 652. The number of nitrogens with zero attached hydrogens (tertiary/aromatic N) is 2. The van der Waals surface area contributed by atoms with Crippen molar-refractivity contribution < 1.29 is 0 Å². The molecule has 1 aromatic carbocycles. The normalized spacial score (nSPS) is 10.6. The minimum Gasteiger partial charge on any atom is -0.398 e. The minimum absolute atomic E-state index is 0.100. The molecule has 1 heterocycles. The molecular weight excluding hydrogens is 362 g/mol. The zero-order chi connectivity index (χ0) is 13.3. The average Bonchev–Trinajstić information content (AvgIpc) is 2.35. The first-order valence-electron chi connectivity index (χ1n) is 5.25. The molecule has 2 rings (SSSR count). The molecule has 0 atom stereocenters. The Morgan fingerprint density at radius 3 is 2.83 bits per heavy atom. The van der Waals surface area contributed by atoms with Crippen LogP contribution in [-0.4, -0.2) is 9.55 Å². The van der Waals surface area contributed by atoms with Crippen molar-refractivity contribution in [3.8, 4) is 0 Å². The highest BCUT2D eigenvalue weighted by Gasteiger charge is 2.09. The fraction of sp³-hybridized carbons (Fsp3) is 0.167. The summed E-state index contributed by atoms with van der Waals surface area (Å²) < 4.78 is 2.87. The molecule has 0 aliphatic carbocycles. The minimum atomic E-state index is -0.100. The molecule has 0 amide bonds. The summed E-state index contributed by atoms with van der Waals surface area (Å²) in [7, 11) is 0. The number of nitrogen functional groups attached to an aromatic ring is 1. The predicted molar refractivity (Wildman–Crippen MR) is 78.6 cm³/mol. The molecule has 0 saturated carbocycles. The summed E-state index contributed by atoms with van der Waals surface area (Å²) in [6.07, 6.45) is 1.52. The third-order valence-electron chi connectivity index (χ3n) is 2.64. The first kappa shape index (κ1) is 13.3. The number of halogens is 2. The van der Waals surface area contributed by atoms with Gasteiger partial charge in [-0.3, -0.25) is 9.36 Å². The third kappa shape index (κ3) is 2.49. The Morgan fingerprint density at radius 2 is 2.11 bits per heavy atom. The van der Waals surface area contributed by atoms with Crippen LogP contribution in [0.4, 0.5) is 5.69 Å². The van der Waals surface area contributed by atoms with Crippen molar-refractivity contribution in [2.75, 3.05) is 5.73 Å². The van der Waals surface area contributed by atoms with Gasteiger partial charge in [-0.05, 0) is 50.4 Å². The fourth-order valence-electron chi connectivity index (χ4n) is 1.63. The monoisotopic (exact) mass is 371 g/mol. The Morgan fingerprint density at radius 1 is 1.39 bits per heavy atom. The van der Waals surface area contributed by atoms with Crippen molar-refractivity contribution in [2.45, 2.75) is 13.5 Å². The molecule has 1 aromatic heterocycles. The number of hydrogen-bond acceptors (Lipinski definition) is 3. The lowest BCUT2D eigenvalue weighted by molar-refractivity contribution is 0.694. The second-order valence-electron chi connectivity index (χ2n) is 3.86. The van der Waals surface area contributed by atoms with E-state index in [-0.39, 0.29) is 5.56 Å². The van der Waals surface area contributed by atoms with Crippen LogP contribution in [0, 0.1) is 6.92 Å². The lowest BCUT2D eigenvalue weighted by atomic mass is 10.2. The van der Waals surface area contributed by atoms with Gasteiger partial charge in [-0.25, -0.2) is 4.98 Å². The number of hydrogen-bond donors (Lipinski definition) is 1. The zero-order valence-electron chi connectivity index (χ0n) is 9.65. The summed E-state index contributed by atoms with van der Waals surface area (Å²) in [5, 5.41) is 0. The molecule has 6 heteroatoms. The van der Waals surface area contributed by atoms with Crippen molar-refractivity contribution in [1.29, 1.82) is 0 Å². The number of aromatic nitrogens is 2. The quantitative estimate of drug-likeness (QED) is 0.824. The van der Waals surface area contributed by atoms with Gasteiger partial charge in [-0.15, -0.1) is 0 Å². The Hall–Kier alpha value is -1.14. The summed E-state index contributed by atoms with van der Waals surface area (Å²) >= 11 is 6.63. The van der Waals surface area contributed by atoms with E-state index >= 15 is 0 Å². The molecule has 18 heavy (non-hydrogen) atoms. The molecule has 0 saturated heterocycles. The predicted octanol–water partition coefficient (Wildman–Crippen LogP) is 2.71. The van der Waals surface area contributed by atoms with Gasteiger partial charge in [-0.2, -0.15) is 0 Å². The van der Waals surface area contributed by atoms with Crippen LogP contribution in [0.5, 0.6) is 0 Å². The first-order valence-corrected chi connectivity index (χ1v) is 6.84. The van der Waals surface area contributed by atoms with Crippen LogP contribution in [-0.2, 0) is 6.54 Å². The number of anilines is 1. The SMILES string of the molecule is Cc1ncc(Br)c(=O)n1Cc1cccc(N)c1Br. The van der Waals surface area contributed by atoms with E-state index in [1.54, 1.807) is 11.5 Å². The lowest BCUT2D eigenvalue weighted by Crippen LogP contribution is -2.24. The van der Waals surface area contributed by atoms with Gasteiger partial charge in [0, 0.05) is 16.4 Å². The fourth-order valence-corrected chi connectivity index (χ4v) is 2.34. The van der Waals surface area contributed by atoms with E-state index in [0.717, 1.165) is 10.0 Å². The van der Waals surface area contributed by atoms with Gasteiger partial charge in [0.1, 0.15) is 10.3 Å². The van der Waals surface area contributed by atoms with E-state index in [1.807, 2.05) is 18.2 Å². The molecule has 0 spiro atoms. The summed E-state index contributed by atoms with van der Waals surface area (Å²) in [5.41, 5.74) is 7.32. The molecule has 2 N–H and O–H groups in total. The van der Waals surface area contributed by atoms with Crippen LogP contribution >= 0.6 is 31.9 Å². The maximum absolute atomic E-state index is 12.0. The second kappa shape index (κ2) is 5.24. The third-order valence-corrected chi connectivity index (χ3v) is 4.15. The van der Waals surface area contributed by atoms with Crippen LogP contribution in [0.2, 0.25) is 0 Å². The van der Waals surface area contributed by atoms with Crippen LogP contribution in [0.1, 0.15) is 11.4 Å². The average molecular weight is 373 g/mol. The van der Waals surface area contributed by atoms with Crippen molar-refractivity contribution in [3.63, 3.8) is 0 Å². The molecule has 0 aliphatic rings. The summed E-state index contributed by atoms with van der Waals surface area (Å²) in [4.78, 5) is 16.2. The van der Waals surface area contributed by atoms with Gasteiger partial charge in [0.05, 0.1) is 6.54 Å². The van der Waals surface area contributed by atoms with Gasteiger partial charge >= 0.3 is 0 Å². The maximum Gasteiger partial charge on any atom is 0.268 e. The standard InChI is InChI=1S/C12H11Br2N3O/c1-7-16-5-9(13)12(18)17(7)6-8-3-2-4-10(15)11(8)14/h2-5H,6,15H2,1H3. The van der Waals surface area contributed by atoms with E-state index in [0.29, 0.717) is 22.5 Å². The summed E-state index contributed by atoms with van der Waals surface area (Å²) in [5.74, 6) is 0.664. The van der Waals surface area contributed by atoms with E-state index in [1.165, 1.54) is 6.20 Å². The number of benzene rings is 1. The van der Waals surface area contributed by atoms with Gasteiger partial charge in [0.2, 0.25) is 0 Å². The highest BCUT2D eigenvalue weighted by molar-refractivity contribution is 9.10. The first-order chi connectivity index (χ1) is 8.50. The molecule has 0 aliphatic heterocycles. The molecule has 0 unspecified atom stereocenters. The molecule has 94 valence electrons. The number of nitrogens with two attached hydrogens (primary N) is 1. The number of rotatable bonds is 2.